The summed E-state index contributed by atoms with van der Waals surface area (Å²) in [6.45, 7) is 0. The number of amides is 1. The third-order valence-electron chi connectivity index (χ3n) is 3.33. The first-order chi connectivity index (χ1) is 7.70. The van der Waals surface area contributed by atoms with Crippen LogP contribution in [0.3, 0.4) is 0 Å². The second kappa shape index (κ2) is 4.87. The van der Waals surface area contributed by atoms with E-state index in [0.29, 0.717) is 16.6 Å². The monoisotopic (exact) mass is 238 g/mol. The van der Waals surface area contributed by atoms with E-state index in [-0.39, 0.29) is 5.91 Å². The van der Waals surface area contributed by atoms with E-state index in [9.17, 15) is 4.79 Å². The van der Waals surface area contributed by atoms with E-state index >= 15 is 0 Å². The highest BCUT2D eigenvalue weighted by Gasteiger charge is 2.24. The molecule has 1 aromatic rings. The summed E-state index contributed by atoms with van der Waals surface area (Å²) < 4.78 is 0. The summed E-state index contributed by atoms with van der Waals surface area (Å²) in [5.41, 5.74) is 6.38. The molecule has 0 spiro atoms. The van der Waals surface area contributed by atoms with Crippen molar-refractivity contribution in [3.05, 3.63) is 16.3 Å². The second-order valence-electron chi connectivity index (χ2n) is 4.41. The van der Waals surface area contributed by atoms with Gasteiger partial charge in [0.25, 0.3) is 5.91 Å². The molecule has 2 N–H and O–H groups in total. The lowest BCUT2D eigenvalue weighted by atomic mass is 9.94. The smallest absolute Gasteiger partial charge is 0.266 e. The van der Waals surface area contributed by atoms with Crippen molar-refractivity contribution >= 4 is 22.9 Å². The Morgan fingerprint density at radius 2 is 2.12 bits per heavy atom. The zero-order chi connectivity index (χ0) is 11.5. The minimum atomic E-state index is 0.0828. The molecule has 0 aromatic carbocycles. The van der Waals surface area contributed by atoms with E-state index in [1.165, 1.54) is 30.6 Å². The lowest BCUT2D eigenvalue weighted by Gasteiger charge is -2.31. The van der Waals surface area contributed by atoms with Crippen LogP contribution in [0.25, 0.3) is 0 Å². The molecule has 1 aromatic heterocycles. The number of nitrogens with zero attached hydrogens (tertiary/aromatic N) is 1. The van der Waals surface area contributed by atoms with Crippen LogP contribution >= 0.6 is 11.3 Å². The molecule has 1 saturated carbocycles. The number of carbonyl (C=O) groups is 1. The molecule has 1 aliphatic carbocycles. The van der Waals surface area contributed by atoms with Gasteiger partial charge < -0.3 is 10.6 Å². The average Bonchev–Trinajstić information content (AvgIpc) is 2.75. The lowest BCUT2D eigenvalue weighted by molar-refractivity contribution is 0.0702. The largest absolute Gasteiger partial charge is 0.397 e. The molecule has 0 radical (unpaired) electrons. The Morgan fingerprint density at radius 3 is 2.69 bits per heavy atom. The first-order valence-electron chi connectivity index (χ1n) is 5.80. The van der Waals surface area contributed by atoms with Gasteiger partial charge in [-0.15, -0.1) is 11.3 Å². The van der Waals surface area contributed by atoms with Gasteiger partial charge in [0.2, 0.25) is 0 Å². The summed E-state index contributed by atoms with van der Waals surface area (Å²) in [6, 6.07) is 2.20. The van der Waals surface area contributed by atoms with Crippen molar-refractivity contribution in [2.24, 2.45) is 0 Å². The van der Waals surface area contributed by atoms with E-state index in [4.69, 9.17) is 5.73 Å². The first-order valence-corrected chi connectivity index (χ1v) is 6.68. The normalized spacial score (nSPS) is 17.3. The Labute approximate surface area is 100 Å². The number of carbonyl (C=O) groups excluding carboxylic acids is 1. The second-order valence-corrected chi connectivity index (χ2v) is 5.33. The van der Waals surface area contributed by atoms with Crippen LogP contribution in [0, 0.1) is 0 Å². The number of hydrogen-bond donors (Lipinski definition) is 1. The Hall–Kier alpha value is -1.03. The fourth-order valence-corrected chi connectivity index (χ4v) is 3.09. The van der Waals surface area contributed by atoms with Gasteiger partial charge in [-0.25, -0.2) is 0 Å². The lowest BCUT2D eigenvalue weighted by Crippen LogP contribution is -2.38. The molecule has 1 fully saturated rings. The number of anilines is 1. The van der Waals surface area contributed by atoms with Gasteiger partial charge in [-0.2, -0.15) is 0 Å². The summed E-state index contributed by atoms with van der Waals surface area (Å²) in [4.78, 5) is 14.7. The zero-order valence-electron chi connectivity index (χ0n) is 9.61. The number of nitrogens with two attached hydrogens (primary N) is 1. The van der Waals surface area contributed by atoms with Crippen molar-refractivity contribution < 1.29 is 4.79 Å². The van der Waals surface area contributed by atoms with E-state index < -0.39 is 0 Å². The van der Waals surface area contributed by atoms with Crippen LogP contribution in [0.2, 0.25) is 0 Å². The molecule has 4 heteroatoms. The minimum absolute atomic E-state index is 0.0828. The van der Waals surface area contributed by atoms with Crippen LogP contribution in [0.1, 0.15) is 41.8 Å². The van der Waals surface area contributed by atoms with Crippen LogP contribution in [0.15, 0.2) is 11.4 Å². The minimum Gasteiger partial charge on any atom is -0.397 e. The molecule has 3 nitrogen and oxygen atoms in total. The molecule has 88 valence electrons. The molecule has 0 unspecified atom stereocenters. The van der Waals surface area contributed by atoms with Crippen molar-refractivity contribution in [3.63, 3.8) is 0 Å². The highest BCUT2D eigenvalue weighted by atomic mass is 32.1. The number of nitrogen functional groups attached to an aromatic ring is 1. The quantitative estimate of drug-likeness (QED) is 0.861. The zero-order valence-corrected chi connectivity index (χ0v) is 10.4. The molecule has 16 heavy (non-hydrogen) atoms. The molecule has 0 bridgehead atoms. The van der Waals surface area contributed by atoms with Gasteiger partial charge in [0.05, 0.1) is 5.69 Å². The highest BCUT2D eigenvalue weighted by molar-refractivity contribution is 7.12. The fraction of sp³-hybridized carbons (Fsp3) is 0.583. The van der Waals surface area contributed by atoms with Gasteiger partial charge in [0.15, 0.2) is 0 Å². The summed E-state index contributed by atoms with van der Waals surface area (Å²) in [5.74, 6) is 0.0828. The average molecular weight is 238 g/mol. The summed E-state index contributed by atoms with van der Waals surface area (Å²) >= 11 is 1.43. The van der Waals surface area contributed by atoms with Gasteiger partial charge in [-0.1, -0.05) is 19.3 Å². The third-order valence-corrected chi connectivity index (χ3v) is 4.25. The summed E-state index contributed by atoms with van der Waals surface area (Å²) in [6.07, 6.45) is 6.05. The number of rotatable bonds is 2. The van der Waals surface area contributed by atoms with Crippen LogP contribution < -0.4 is 5.73 Å². The van der Waals surface area contributed by atoms with Gasteiger partial charge in [0.1, 0.15) is 4.88 Å². The summed E-state index contributed by atoms with van der Waals surface area (Å²) in [5, 5.41) is 1.87. The van der Waals surface area contributed by atoms with Gasteiger partial charge in [-0.3, -0.25) is 4.79 Å². The Morgan fingerprint density at radius 1 is 1.44 bits per heavy atom. The number of thiophene rings is 1. The molecular weight excluding hydrogens is 220 g/mol. The van der Waals surface area contributed by atoms with Gasteiger partial charge >= 0.3 is 0 Å². The van der Waals surface area contributed by atoms with E-state index in [2.05, 4.69) is 0 Å². The van der Waals surface area contributed by atoms with Crippen LogP contribution in [0.5, 0.6) is 0 Å². The maximum absolute atomic E-state index is 12.2. The van der Waals surface area contributed by atoms with Gasteiger partial charge in [-0.05, 0) is 24.3 Å². The van der Waals surface area contributed by atoms with Gasteiger partial charge in [0, 0.05) is 13.1 Å². The third kappa shape index (κ3) is 2.21. The Balaban J connectivity index is 2.06. The predicted molar refractivity (Wildman–Crippen MR) is 67.7 cm³/mol. The van der Waals surface area contributed by atoms with Crippen molar-refractivity contribution in [1.82, 2.24) is 4.90 Å². The standard InChI is InChI=1S/C12H18N2OS/c1-14(9-5-3-2-4-6-9)12(15)11-10(13)7-8-16-11/h7-9H,2-6,13H2,1H3. The SMILES string of the molecule is CN(C(=O)c1sccc1N)C1CCCCC1. The van der Waals surface area contributed by atoms with Crippen molar-refractivity contribution in [2.45, 2.75) is 38.1 Å². The number of hydrogen-bond acceptors (Lipinski definition) is 3. The highest BCUT2D eigenvalue weighted by Crippen LogP contribution is 2.26. The van der Waals surface area contributed by atoms with Crippen LogP contribution in [-0.2, 0) is 0 Å². The fourth-order valence-electron chi connectivity index (χ4n) is 2.29. The molecular formula is C12H18N2OS. The molecule has 1 amide bonds. The Kier molecular flexibility index (Phi) is 3.49. The first kappa shape index (κ1) is 11.5. The molecule has 1 aliphatic rings. The molecule has 0 saturated heterocycles. The van der Waals surface area contributed by atoms with Crippen molar-refractivity contribution in [3.8, 4) is 0 Å². The van der Waals surface area contributed by atoms with Crippen LogP contribution in [0.4, 0.5) is 5.69 Å². The van der Waals surface area contributed by atoms with Crippen LogP contribution in [-0.4, -0.2) is 23.9 Å². The predicted octanol–water partition coefficient (Wildman–Crippen LogP) is 2.74. The van der Waals surface area contributed by atoms with E-state index in [1.54, 1.807) is 6.07 Å². The van der Waals surface area contributed by atoms with E-state index in [0.717, 1.165) is 12.8 Å². The maximum atomic E-state index is 12.2. The van der Waals surface area contributed by atoms with E-state index in [1.807, 2.05) is 17.3 Å². The Bertz CT molecular complexity index is 369. The van der Waals surface area contributed by atoms with Crippen molar-refractivity contribution in [2.75, 3.05) is 12.8 Å². The molecule has 0 atom stereocenters. The topological polar surface area (TPSA) is 46.3 Å². The maximum Gasteiger partial charge on any atom is 0.266 e. The molecule has 0 aliphatic heterocycles. The molecule has 2 rings (SSSR count). The molecule has 1 heterocycles. The van der Waals surface area contributed by atoms with Crippen molar-refractivity contribution in [1.29, 1.82) is 0 Å². The summed E-state index contributed by atoms with van der Waals surface area (Å²) in [7, 11) is 1.90.